The van der Waals surface area contributed by atoms with Gasteiger partial charge in [0.25, 0.3) is 0 Å². The molecule has 1 saturated heterocycles. The Labute approximate surface area is 169 Å². The summed E-state index contributed by atoms with van der Waals surface area (Å²) in [7, 11) is 3.09. The highest BCUT2D eigenvalue weighted by molar-refractivity contribution is 5.79. The summed E-state index contributed by atoms with van der Waals surface area (Å²) >= 11 is 0. The lowest BCUT2D eigenvalue weighted by atomic mass is 9.96. The Bertz CT molecular complexity index is 872. The molecule has 29 heavy (non-hydrogen) atoms. The largest absolute Gasteiger partial charge is 0.493 e. The lowest BCUT2D eigenvalue weighted by Crippen LogP contribution is -2.50. The van der Waals surface area contributed by atoms with Gasteiger partial charge in [0.2, 0.25) is 5.91 Å². The summed E-state index contributed by atoms with van der Waals surface area (Å²) in [5.41, 5.74) is 1.91. The van der Waals surface area contributed by atoms with Crippen molar-refractivity contribution in [1.29, 1.82) is 0 Å². The monoisotopic (exact) mass is 403 g/mol. The number of aliphatic hydroxyl groups excluding tert-OH is 1. The van der Waals surface area contributed by atoms with E-state index in [1.54, 1.807) is 43.2 Å². The molecule has 2 aromatic rings. The van der Waals surface area contributed by atoms with Crippen LogP contribution in [-0.2, 0) is 16.0 Å². The minimum absolute atomic E-state index is 0.0686. The minimum atomic E-state index is -0.569. The van der Waals surface area contributed by atoms with E-state index >= 15 is 0 Å². The first-order valence-corrected chi connectivity index (χ1v) is 9.47. The number of halogens is 1. The number of carbonyl (C=O) groups is 1. The number of aliphatic hydroxyl groups is 1. The molecule has 0 aromatic heterocycles. The van der Waals surface area contributed by atoms with Crippen LogP contribution in [0.25, 0.3) is 0 Å². The van der Waals surface area contributed by atoms with E-state index in [1.165, 1.54) is 13.2 Å². The van der Waals surface area contributed by atoms with E-state index in [4.69, 9.17) is 14.2 Å². The normalized spacial score (nSPS) is 19.1. The van der Waals surface area contributed by atoms with Gasteiger partial charge in [-0.2, -0.15) is 0 Å². The third-order valence-corrected chi connectivity index (χ3v) is 5.19. The Hall–Kier alpha value is -2.64. The molecule has 1 amide bonds. The smallest absolute Gasteiger partial charge is 0.227 e. The Morgan fingerprint density at radius 2 is 1.97 bits per heavy atom. The molecule has 0 bridgehead atoms. The summed E-state index contributed by atoms with van der Waals surface area (Å²) in [5, 5.41) is 9.84. The molecule has 6 nitrogen and oxygen atoms in total. The molecule has 1 fully saturated rings. The van der Waals surface area contributed by atoms with Crippen LogP contribution in [-0.4, -0.2) is 56.0 Å². The standard InChI is InChI=1S/C22H26FNO5/c1-14-4-5-15(10-17(14)23)11-21(26)24-8-9-29-20(13-25)22(24)16-6-7-18(27-2)19(12-16)28-3/h4-7,10,12,20,22,25H,8-9,11,13H2,1-3H3/t20-,22-/m1/s1. The predicted octanol–water partition coefficient (Wildman–Crippen LogP) is 2.65. The quantitative estimate of drug-likeness (QED) is 0.803. The first-order valence-electron chi connectivity index (χ1n) is 9.47. The maximum absolute atomic E-state index is 13.9. The van der Waals surface area contributed by atoms with Crippen molar-refractivity contribution < 1.29 is 28.5 Å². The number of rotatable bonds is 6. The second-order valence-electron chi connectivity index (χ2n) is 7.00. The van der Waals surface area contributed by atoms with Crippen LogP contribution in [0.4, 0.5) is 4.39 Å². The van der Waals surface area contributed by atoms with Crippen molar-refractivity contribution >= 4 is 5.91 Å². The average Bonchev–Trinajstić information content (AvgIpc) is 2.75. The van der Waals surface area contributed by atoms with Gasteiger partial charge < -0.3 is 24.2 Å². The van der Waals surface area contributed by atoms with E-state index < -0.39 is 12.1 Å². The molecule has 1 aliphatic heterocycles. The zero-order valence-corrected chi connectivity index (χ0v) is 16.9. The maximum Gasteiger partial charge on any atom is 0.227 e. The maximum atomic E-state index is 13.9. The highest BCUT2D eigenvalue weighted by atomic mass is 19.1. The van der Waals surface area contributed by atoms with E-state index in [9.17, 15) is 14.3 Å². The molecule has 2 atom stereocenters. The lowest BCUT2D eigenvalue weighted by Gasteiger charge is -2.41. The van der Waals surface area contributed by atoms with Crippen molar-refractivity contribution in [1.82, 2.24) is 4.90 Å². The fourth-order valence-corrected chi connectivity index (χ4v) is 3.62. The van der Waals surface area contributed by atoms with Crippen LogP contribution in [0.15, 0.2) is 36.4 Å². The fraction of sp³-hybridized carbons (Fsp3) is 0.409. The van der Waals surface area contributed by atoms with Crippen molar-refractivity contribution in [3.8, 4) is 11.5 Å². The molecular weight excluding hydrogens is 377 g/mol. The van der Waals surface area contributed by atoms with Crippen LogP contribution >= 0.6 is 0 Å². The van der Waals surface area contributed by atoms with Crippen LogP contribution in [0.5, 0.6) is 11.5 Å². The molecule has 0 radical (unpaired) electrons. The number of hydrogen-bond acceptors (Lipinski definition) is 5. The van der Waals surface area contributed by atoms with Gasteiger partial charge in [-0.1, -0.05) is 18.2 Å². The Balaban J connectivity index is 1.90. The van der Waals surface area contributed by atoms with Gasteiger partial charge >= 0.3 is 0 Å². The number of amides is 1. The highest BCUT2D eigenvalue weighted by Gasteiger charge is 2.36. The highest BCUT2D eigenvalue weighted by Crippen LogP contribution is 2.36. The number of morpholine rings is 1. The van der Waals surface area contributed by atoms with Gasteiger partial charge in [-0.05, 0) is 41.8 Å². The van der Waals surface area contributed by atoms with Gasteiger partial charge in [-0.3, -0.25) is 4.79 Å². The second-order valence-corrected chi connectivity index (χ2v) is 7.00. The van der Waals surface area contributed by atoms with Gasteiger partial charge in [-0.15, -0.1) is 0 Å². The first kappa shape index (κ1) is 21.1. The number of nitrogens with zero attached hydrogens (tertiary/aromatic N) is 1. The molecule has 1 N–H and O–H groups in total. The number of benzene rings is 2. The molecule has 3 rings (SSSR count). The molecule has 1 heterocycles. The van der Waals surface area contributed by atoms with Crippen LogP contribution in [0.3, 0.4) is 0 Å². The summed E-state index contributed by atoms with van der Waals surface area (Å²) in [6.45, 7) is 2.15. The number of aryl methyl sites for hydroxylation is 1. The van der Waals surface area contributed by atoms with Crippen LogP contribution in [0, 0.1) is 12.7 Å². The van der Waals surface area contributed by atoms with Crippen molar-refractivity contribution in [3.63, 3.8) is 0 Å². The molecule has 0 unspecified atom stereocenters. The first-order chi connectivity index (χ1) is 14.0. The van der Waals surface area contributed by atoms with Gasteiger partial charge in [0, 0.05) is 6.54 Å². The van der Waals surface area contributed by atoms with Crippen molar-refractivity contribution in [3.05, 3.63) is 58.9 Å². The topological polar surface area (TPSA) is 68.2 Å². The van der Waals surface area contributed by atoms with Crippen LogP contribution < -0.4 is 9.47 Å². The van der Waals surface area contributed by atoms with Gasteiger partial charge in [0.15, 0.2) is 11.5 Å². The third kappa shape index (κ3) is 4.52. The fourth-order valence-electron chi connectivity index (χ4n) is 3.62. The number of carbonyl (C=O) groups excluding carboxylic acids is 1. The summed E-state index contributed by atoms with van der Waals surface area (Å²) in [6.07, 6.45) is -0.500. The van der Waals surface area contributed by atoms with E-state index in [1.807, 2.05) is 6.07 Å². The average molecular weight is 403 g/mol. The van der Waals surface area contributed by atoms with Gasteiger partial charge in [-0.25, -0.2) is 4.39 Å². The van der Waals surface area contributed by atoms with Crippen molar-refractivity contribution in [2.45, 2.75) is 25.5 Å². The third-order valence-electron chi connectivity index (χ3n) is 5.19. The zero-order chi connectivity index (χ0) is 21.0. The van der Waals surface area contributed by atoms with Gasteiger partial charge in [0.1, 0.15) is 11.9 Å². The molecule has 0 spiro atoms. The second kappa shape index (κ2) is 9.24. The number of hydrogen-bond donors (Lipinski definition) is 1. The lowest BCUT2D eigenvalue weighted by molar-refractivity contribution is -0.149. The Morgan fingerprint density at radius 3 is 2.62 bits per heavy atom. The zero-order valence-electron chi connectivity index (χ0n) is 16.9. The molecule has 2 aromatic carbocycles. The van der Waals surface area contributed by atoms with Crippen LogP contribution in [0.2, 0.25) is 0 Å². The predicted molar refractivity (Wildman–Crippen MR) is 106 cm³/mol. The summed E-state index contributed by atoms with van der Waals surface area (Å²) < 4.78 is 30.3. The number of ether oxygens (including phenoxy) is 3. The van der Waals surface area contributed by atoms with Crippen molar-refractivity contribution in [2.24, 2.45) is 0 Å². The minimum Gasteiger partial charge on any atom is -0.493 e. The summed E-state index contributed by atoms with van der Waals surface area (Å²) in [5.74, 6) is 0.610. The van der Waals surface area contributed by atoms with Crippen molar-refractivity contribution in [2.75, 3.05) is 34.0 Å². The van der Waals surface area contributed by atoms with E-state index in [0.29, 0.717) is 35.8 Å². The summed E-state index contributed by atoms with van der Waals surface area (Å²) in [6, 6.07) is 9.70. The van der Waals surface area contributed by atoms with E-state index in [2.05, 4.69) is 0 Å². The van der Waals surface area contributed by atoms with Crippen LogP contribution in [0.1, 0.15) is 22.7 Å². The molecule has 156 valence electrons. The molecule has 0 aliphatic carbocycles. The number of methoxy groups -OCH3 is 2. The SMILES string of the molecule is COc1ccc([C@@H]2[C@@H](CO)OCCN2C(=O)Cc2ccc(C)c(F)c2)cc1OC. The van der Waals surface area contributed by atoms with Gasteiger partial charge in [0.05, 0.1) is 39.9 Å². The van der Waals surface area contributed by atoms with E-state index in [-0.39, 0.29) is 24.8 Å². The Morgan fingerprint density at radius 1 is 1.21 bits per heavy atom. The van der Waals surface area contributed by atoms with E-state index in [0.717, 1.165) is 5.56 Å². The summed E-state index contributed by atoms with van der Waals surface area (Å²) in [4.78, 5) is 14.8. The molecule has 1 aliphatic rings. The molecule has 0 saturated carbocycles. The Kier molecular flexibility index (Phi) is 6.71. The molecule has 7 heteroatoms. The molecular formula is C22H26FNO5.